The lowest BCUT2D eigenvalue weighted by Gasteiger charge is -2.34. The smallest absolute Gasteiger partial charge is 0.277 e. The molecular weight excluding hydrogens is 232 g/mol. The van der Waals surface area contributed by atoms with Crippen molar-refractivity contribution in [2.75, 3.05) is 13.1 Å². The molecule has 0 aromatic carbocycles. The zero-order chi connectivity index (χ0) is 13.4. The normalized spacial score (nSPS) is 10.9. The zero-order valence-corrected chi connectivity index (χ0v) is 12.7. The zero-order valence-electron chi connectivity index (χ0n) is 11.6. The highest BCUT2D eigenvalue weighted by Gasteiger charge is 2.26. The number of carbonyl (C=O) groups is 2. The molecule has 0 aliphatic heterocycles. The number of carbonyl (C=O) groups excluding carboxylic acids is 2. The molecule has 0 aromatic heterocycles. The van der Waals surface area contributed by atoms with Gasteiger partial charge in [-0.15, -0.1) is 0 Å². The predicted molar refractivity (Wildman–Crippen MR) is 72.7 cm³/mol. The second-order valence-corrected chi connectivity index (χ2v) is 6.32. The van der Waals surface area contributed by atoms with Crippen LogP contribution in [0.25, 0.3) is 0 Å². The van der Waals surface area contributed by atoms with Gasteiger partial charge in [-0.05, 0) is 20.3 Å². The lowest BCUT2D eigenvalue weighted by molar-refractivity contribution is -0.126. The lowest BCUT2D eigenvalue weighted by Crippen LogP contribution is -2.55. The lowest BCUT2D eigenvalue weighted by atomic mass is 10.5. The van der Waals surface area contributed by atoms with E-state index in [1.165, 1.54) is 0 Å². The summed E-state index contributed by atoms with van der Waals surface area (Å²) in [6.45, 7) is 10.4. The summed E-state index contributed by atoms with van der Waals surface area (Å²) in [6.07, 6.45) is 2.97. The Bertz CT molecular complexity index is 270. The molecule has 98 valence electrons. The fourth-order valence-electron chi connectivity index (χ4n) is 1.83. The van der Waals surface area contributed by atoms with Crippen LogP contribution >= 0.6 is 0 Å². The van der Waals surface area contributed by atoms with Crippen molar-refractivity contribution in [2.24, 2.45) is 0 Å². The Hall–Kier alpha value is -1.10. The first-order chi connectivity index (χ1) is 7.99. The Morgan fingerprint density at radius 3 is 1.65 bits per heavy atom. The Kier molecular flexibility index (Phi) is 7.53. The average molecular weight is 256 g/mol. The van der Waals surface area contributed by atoms with Gasteiger partial charge in [-0.2, -0.15) is 0 Å². The molecule has 17 heavy (non-hydrogen) atoms. The summed E-state index contributed by atoms with van der Waals surface area (Å²) in [5.74, 6) is 0.0919. The summed E-state index contributed by atoms with van der Waals surface area (Å²) >= 11 is 0. The van der Waals surface area contributed by atoms with E-state index >= 15 is 0 Å². The minimum absolute atomic E-state index is 0.0459. The molecule has 0 atom stereocenters. The fraction of sp³-hybridized carbons (Fsp3) is 0.667. The molecule has 0 unspecified atom stereocenters. The minimum atomic E-state index is -1.81. The van der Waals surface area contributed by atoms with E-state index in [0.29, 0.717) is 13.1 Å². The van der Waals surface area contributed by atoms with Crippen molar-refractivity contribution in [1.29, 1.82) is 0 Å². The molecule has 0 fully saturated rings. The van der Waals surface area contributed by atoms with Gasteiger partial charge in [0.1, 0.15) is 0 Å². The van der Waals surface area contributed by atoms with E-state index in [9.17, 15) is 9.59 Å². The van der Waals surface area contributed by atoms with Gasteiger partial charge >= 0.3 is 0 Å². The molecule has 0 aromatic rings. The van der Waals surface area contributed by atoms with Gasteiger partial charge in [-0.25, -0.2) is 0 Å². The molecular formula is C12H24N2O2Si. The Labute approximate surface area is 106 Å². The number of amides is 2. The van der Waals surface area contributed by atoms with Gasteiger partial charge in [0, 0.05) is 26.9 Å². The minimum Gasteiger partial charge on any atom is -0.351 e. The first-order valence-electron chi connectivity index (χ1n) is 6.20. The summed E-state index contributed by atoms with van der Waals surface area (Å²) in [5, 5.41) is 0. The monoisotopic (exact) mass is 256 g/mol. The molecule has 0 aliphatic carbocycles. The van der Waals surface area contributed by atoms with Crippen LogP contribution in [0.3, 0.4) is 0 Å². The van der Waals surface area contributed by atoms with Crippen LogP contribution < -0.4 is 0 Å². The second-order valence-electron chi connectivity index (χ2n) is 3.86. The van der Waals surface area contributed by atoms with Crippen molar-refractivity contribution >= 4 is 20.9 Å². The average Bonchev–Trinajstić information content (AvgIpc) is 2.25. The topological polar surface area (TPSA) is 40.6 Å². The van der Waals surface area contributed by atoms with Gasteiger partial charge in [-0.1, -0.05) is 18.7 Å². The van der Waals surface area contributed by atoms with Crippen LogP contribution in [0.4, 0.5) is 0 Å². The summed E-state index contributed by atoms with van der Waals surface area (Å²) in [6, 6.07) is 0. The highest BCUT2D eigenvalue weighted by Crippen LogP contribution is 2.06. The third kappa shape index (κ3) is 4.73. The van der Waals surface area contributed by atoms with E-state index in [2.05, 4.69) is 12.6 Å². The third-order valence-electron chi connectivity index (χ3n) is 2.67. The largest absolute Gasteiger partial charge is 0.351 e. The highest BCUT2D eigenvalue weighted by molar-refractivity contribution is 6.63. The molecule has 0 rings (SSSR count). The molecule has 0 saturated heterocycles. The number of rotatable bonds is 6. The van der Waals surface area contributed by atoms with Gasteiger partial charge in [0.25, 0.3) is 9.12 Å². The van der Waals surface area contributed by atoms with E-state index in [1.807, 2.05) is 29.1 Å². The third-order valence-corrected chi connectivity index (χ3v) is 6.02. The van der Waals surface area contributed by atoms with Gasteiger partial charge in [0.15, 0.2) is 0 Å². The van der Waals surface area contributed by atoms with Gasteiger partial charge in [0.05, 0.1) is 0 Å². The van der Waals surface area contributed by atoms with E-state index < -0.39 is 9.12 Å². The van der Waals surface area contributed by atoms with Crippen molar-refractivity contribution in [1.82, 2.24) is 9.13 Å². The van der Waals surface area contributed by atoms with Crippen molar-refractivity contribution < 1.29 is 9.59 Å². The predicted octanol–water partition coefficient (Wildman–Crippen LogP) is 1.45. The van der Waals surface area contributed by atoms with Crippen LogP contribution in [0.15, 0.2) is 11.8 Å². The quantitative estimate of drug-likeness (QED) is 0.675. The Morgan fingerprint density at radius 1 is 1.00 bits per heavy atom. The van der Waals surface area contributed by atoms with Crippen LogP contribution in [0.5, 0.6) is 0 Å². The Morgan fingerprint density at radius 2 is 1.41 bits per heavy atom. The van der Waals surface area contributed by atoms with Crippen LogP contribution in [-0.4, -0.2) is 43.2 Å². The number of hydrogen-bond donors (Lipinski definition) is 0. The molecule has 0 aliphatic rings. The summed E-state index contributed by atoms with van der Waals surface area (Å²) in [4.78, 5) is 23.2. The molecule has 0 heterocycles. The van der Waals surface area contributed by atoms with Crippen LogP contribution in [-0.2, 0) is 9.59 Å². The molecule has 0 bridgehead atoms. The maximum absolute atomic E-state index is 11.6. The molecule has 2 amide bonds. The van der Waals surface area contributed by atoms with E-state index in [0.717, 1.165) is 6.42 Å². The van der Waals surface area contributed by atoms with Gasteiger partial charge < -0.3 is 9.13 Å². The maximum atomic E-state index is 11.6. The molecule has 0 spiro atoms. The maximum Gasteiger partial charge on any atom is 0.277 e. The van der Waals surface area contributed by atoms with Gasteiger partial charge in [0.2, 0.25) is 11.8 Å². The Balaban J connectivity index is 5.14. The van der Waals surface area contributed by atoms with Crippen LogP contribution in [0.2, 0.25) is 0 Å². The number of nitrogens with zero attached hydrogens (tertiary/aromatic N) is 2. The number of allylic oxidation sites excluding steroid dienone is 1. The SMILES string of the molecule is CCC=C[SiH](N(CC)C(C)=O)N(CC)C(C)=O. The molecule has 5 heteroatoms. The van der Waals surface area contributed by atoms with Crippen LogP contribution in [0.1, 0.15) is 41.0 Å². The highest BCUT2D eigenvalue weighted by atomic mass is 28.3. The first-order valence-corrected chi connectivity index (χ1v) is 7.90. The standard InChI is InChI=1S/C12H24N2O2Si/c1-6-9-10-17(13(7-2)11(4)15)14(8-3)12(5)16/h9-10,17H,6-8H2,1-5H3. The summed E-state index contributed by atoms with van der Waals surface area (Å²) in [7, 11) is -1.81. The van der Waals surface area contributed by atoms with Crippen molar-refractivity contribution in [3.63, 3.8) is 0 Å². The first kappa shape index (κ1) is 15.9. The van der Waals surface area contributed by atoms with Crippen molar-refractivity contribution in [2.45, 2.75) is 41.0 Å². The fourth-order valence-corrected chi connectivity index (χ4v) is 4.59. The number of hydrogen-bond acceptors (Lipinski definition) is 2. The van der Waals surface area contributed by atoms with Crippen LogP contribution in [0, 0.1) is 0 Å². The molecule has 4 nitrogen and oxygen atoms in total. The molecule has 0 radical (unpaired) electrons. The van der Waals surface area contributed by atoms with E-state index in [1.54, 1.807) is 13.8 Å². The van der Waals surface area contributed by atoms with Crippen molar-refractivity contribution in [3.8, 4) is 0 Å². The van der Waals surface area contributed by atoms with E-state index in [-0.39, 0.29) is 11.8 Å². The van der Waals surface area contributed by atoms with Gasteiger partial charge in [-0.3, -0.25) is 9.59 Å². The molecule has 0 N–H and O–H groups in total. The molecule has 0 saturated carbocycles. The summed E-state index contributed by atoms with van der Waals surface area (Å²) in [5.41, 5.74) is 2.07. The van der Waals surface area contributed by atoms with Crippen molar-refractivity contribution in [3.05, 3.63) is 11.8 Å². The summed E-state index contributed by atoms with van der Waals surface area (Å²) < 4.78 is 3.66. The second kappa shape index (κ2) is 8.06. The van der Waals surface area contributed by atoms with E-state index in [4.69, 9.17) is 0 Å².